The van der Waals surface area contributed by atoms with Gasteiger partial charge < -0.3 is 20.3 Å². The molecule has 7 heteroatoms. The van der Waals surface area contributed by atoms with E-state index in [9.17, 15) is 9.59 Å². The van der Waals surface area contributed by atoms with Crippen molar-refractivity contribution in [1.82, 2.24) is 5.32 Å². The molecule has 200 valence electrons. The molecule has 2 N–H and O–H groups in total. The Kier molecular flexibility index (Phi) is 10.2. The van der Waals surface area contributed by atoms with Gasteiger partial charge in [0, 0.05) is 54.8 Å². The topological polar surface area (TPSA) is 70.7 Å². The van der Waals surface area contributed by atoms with E-state index in [1.165, 1.54) is 5.56 Å². The third-order valence-electron chi connectivity index (χ3n) is 6.86. The number of hydrogen-bond acceptors (Lipinski definition) is 4. The van der Waals surface area contributed by atoms with Gasteiger partial charge in [0.25, 0.3) is 11.8 Å². The molecule has 1 aliphatic rings. The number of amides is 2. The second-order valence-electron chi connectivity index (χ2n) is 9.62. The van der Waals surface area contributed by atoms with Crippen molar-refractivity contribution in [2.24, 2.45) is 5.92 Å². The molecule has 0 atom stereocenters. The molecule has 1 fully saturated rings. The number of anilines is 2. The first-order valence-corrected chi connectivity index (χ1v) is 13.8. The van der Waals surface area contributed by atoms with E-state index in [0.717, 1.165) is 44.5 Å². The second-order valence-corrected chi connectivity index (χ2v) is 10.1. The summed E-state index contributed by atoms with van der Waals surface area (Å²) >= 11 is 6.05. The fourth-order valence-corrected chi connectivity index (χ4v) is 5.04. The second kappa shape index (κ2) is 14.0. The molecular formula is C31H36ClN3O3. The molecular weight excluding hydrogens is 498 g/mol. The quantitative estimate of drug-likeness (QED) is 0.287. The largest absolute Gasteiger partial charge is 0.382 e. The number of halogens is 1. The van der Waals surface area contributed by atoms with E-state index >= 15 is 0 Å². The van der Waals surface area contributed by atoms with Crippen LogP contribution in [0.4, 0.5) is 11.4 Å². The molecule has 1 saturated heterocycles. The summed E-state index contributed by atoms with van der Waals surface area (Å²) in [7, 11) is 0. The van der Waals surface area contributed by atoms with Crippen molar-refractivity contribution >= 4 is 34.8 Å². The minimum absolute atomic E-state index is 0.151. The van der Waals surface area contributed by atoms with E-state index in [2.05, 4.69) is 45.9 Å². The van der Waals surface area contributed by atoms with Gasteiger partial charge in [0.15, 0.2) is 0 Å². The zero-order valence-corrected chi connectivity index (χ0v) is 22.7. The predicted octanol–water partition coefficient (Wildman–Crippen LogP) is 6.21. The van der Waals surface area contributed by atoms with E-state index in [4.69, 9.17) is 16.3 Å². The number of benzene rings is 3. The molecule has 1 heterocycles. The summed E-state index contributed by atoms with van der Waals surface area (Å²) in [4.78, 5) is 28.4. The molecule has 2 amide bonds. The van der Waals surface area contributed by atoms with Crippen molar-refractivity contribution in [3.8, 4) is 0 Å². The third kappa shape index (κ3) is 7.83. The van der Waals surface area contributed by atoms with E-state index in [-0.39, 0.29) is 11.8 Å². The standard InChI is InChI=1S/C31H36ClN3O3/c1-2-38-19-7-16-33-31(37)28-22-27(34-30(36)25-10-6-11-26(32)21-25)12-13-29(28)35-17-14-24(15-18-35)20-23-8-4-3-5-9-23/h3-6,8-13,21-22,24H,2,7,14-20H2,1H3,(H,33,37)(H,34,36). The molecule has 0 aliphatic carbocycles. The Labute approximate surface area is 230 Å². The van der Waals surface area contributed by atoms with Gasteiger partial charge in [-0.2, -0.15) is 0 Å². The van der Waals surface area contributed by atoms with Crippen LogP contribution in [0.15, 0.2) is 72.8 Å². The number of nitrogens with zero attached hydrogens (tertiary/aromatic N) is 1. The minimum atomic E-state index is -0.273. The molecule has 0 radical (unpaired) electrons. The lowest BCUT2D eigenvalue weighted by Crippen LogP contribution is -2.36. The summed E-state index contributed by atoms with van der Waals surface area (Å²) in [6.45, 7) is 5.52. The average molecular weight is 534 g/mol. The van der Waals surface area contributed by atoms with E-state index in [1.54, 1.807) is 30.3 Å². The molecule has 0 bridgehead atoms. The SMILES string of the molecule is CCOCCCNC(=O)c1cc(NC(=O)c2cccc(Cl)c2)ccc1N1CCC(Cc2ccccc2)CC1. The molecule has 3 aromatic rings. The Morgan fingerprint density at radius 2 is 1.76 bits per heavy atom. The van der Waals surface area contributed by atoms with Crippen LogP contribution in [-0.2, 0) is 11.2 Å². The highest BCUT2D eigenvalue weighted by atomic mass is 35.5. The van der Waals surface area contributed by atoms with Crippen molar-refractivity contribution in [3.05, 3.63) is 94.5 Å². The van der Waals surface area contributed by atoms with Crippen LogP contribution in [0.2, 0.25) is 5.02 Å². The van der Waals surface area contributed by atoms with Gasteiger partial charge in [0.2, 0.25) is 0 Å². The molecule has 4 rings (SSSR count). The maximum Gasteiger partial charge on any atom is 0.255 e. The molecule has 6 nitrogen and oxygen atoms in total. The van der Waals surface area contributed by atoms with Crippen molar-refractivity contribution in [3.63, 3.8) is 0 Å². The maximum absolute atomic E-state index is 13.3. The van der Waals surface area contributed by atoms with Crippen molar-refractivity contribution < 1.29 is 14.3 Å². The first-order chi connectivity index (χ1) is 18.5. The molecule has 0 spiro atoms. The number of piperidine rings is 1. The van der Waals surface area contributed by atoms with Crippen LogP contribution in [0, 0.1) is 5.92 Å². The Morgan fingerprint density at radius 1 is 0.974 bits per heavy atom. The summed E-state index contributed by atoms with van der Waals surface area (Å²) in [5, 5.41) is 6.43. The molecule has 3 aromatic carbocycles. The number of carbonyl (C=O) groups is 2. The maximum atomic E-state index is 13.3. The Hall–Kier alpha value is -3.35. The molecule has 0 aromatic heterocycles. The minimum Gasteiger partial charge on any atom is -0.382 e. The van der Waals surface area contributed by atoms with Crippen LogP contribution < -0.4 is 15.5 Å². The normalized spacial score (nSPS) is 13.8. The molecule has 1 aliphatic heterocycles. The van der Waals surface area contributed by atoms with E-state index < -0.39 is 0 Å². The fourth-order valence-electron chi connectivity index (χ4n) is 4.85. The van der Waals surface area contributed by atoms with Gasteiger partial charge in [0.1, 0.15) is 0 Å². The van der Waals surface area contributed by atoms with Gasteiger partial charge in [0.05, 0.1) is 5.56 Å². The van der Waals surface area contributed by atoms with Crippen LogP contribution in [0.25, 0.3) is 0 Å². The first kappa shape index (κ1) is 27.7. The summed E-state index contributed by atoms with van der Waals surface area (Å²) in [6.07, 6.45) is 3.95. The third-order valence-corrected chi connectivity index (χ3v) is 7.10. The molecule has 0 saturated carbocycles. The van der Waals surface area contributed by atoms with Crippen molar-refractivity contribution in [2.45, 2.75) is 32.6 Å². The Morgan fingerprint density at radius 3 is 2.50 bits per heavy atom. The lowest BCUT2D eigenvalue weighted by Gasteiger charge is -2.35. The van der Waals surface area contributed by atoms with Gasteiger partial charge in [-0.25, -0.2) is 0 Å². The Bertz CT molecular complexity index is 1210. The van der Waals surface area contributed by atoms with Crippen molar-refractivity contribution in [2.75, 3.05) is 43.1 Å². The lowest BCUT2D eigenvalue weighted by atomic mass is 9.89. The number of rotatable bonds is 11. The predicted molar refractivity (Wildman–Crippen MR) is 154 cm³/mol. The lowest BCUT2D eigenvalue weighted by molar-refractivity contribution is 0.0943. The first-order valence-electron chi connectivity index (χ1n) is 13.4. The van der Waals surface area contributed by atoms with Crippen LogP contribution >= 0.6 is 11.6 Å². The summed E-state index contributed by atoms with van der Waals surface area (Å²) in [6, 6.07) is 23.0. The summed E-state index contributed by atoms with van der Waals surface area (Å²) in [5.74, 6) is 0.201. The number of hydrogen-bond donors (Lipinski definition) is 2. The van der Waals surface area contributed by atoms with Gasteiger partial charge in [-0.15, -0.1) is 0 Å². The fraction of sp³-hybridized carbons (Fsp3) is 0.355. The molecule has 38 heavy (non-hydrogen) atoms. The number of nitrogens with one attached hydrogen (secondary N) is 2. The van der Waals surface area contributed by atoms with Crippen LogP contribution in [0.1, 0.15) is 52.5 Å². The van der Waals surface area contributed by atoms with Gasteiger partial charge in [-0.05, 0) is 80.5 Å². The van der Waals surface area contributed by atoms with E-state index in [0.29, 0.717) is 47.5 Å². The highest BCUT2D eigenvalue weighted by molar-refractivity contribution is 6.31. The van der Waals surface area contributed by atoms with Gasteiger partial charge in [-0.1, -0.05) is 48.0 Å². The highest BCUT2D eigenvalue weighted by Gasteiger charge is 2.24. The summed E-state index contributed by atoms with van der Waals surface area (Å²) in [5.41, 5.74) is 3.86. The van der Waals surface area contributed by atoms with Crippen LogP contribution in [-0.4, -0.2) is 44.7 Å². The van der Waals surface area contributed by atoms with Gasteiger partial charge >= 0.3 is 0 Å². The zero-order chi connectivity index (χ0) is 26.7. The zero-order valence-electron chi connectivity index (χ0n) is 21.9. The smallest absolute Gasteiger partial charge is 0.255 e. The molecule has 0 unspecified atom stereocenters. The van der Waals surface area contributed by atoms with Gasteiger partial charge in [-0.3, -0.25) is 9.59 Å². The Balaban J connectivity index is 1.47. The average Bonchev–Trinajstić information content (AvgIpc) is 2.94. The number of carbonyl (C=O) groups excluding carboxylic acids is 2. The summed E-state index contributed by atoms with van der Waals surface area (Å²) < 4.78 is 5.39. The van der Waals surface area contributed by atoms with Crippen LogP contribution in [0.5, 0.6) is 0 Å². The highest BCUT2D eigenvalue weighted by Crippen LogP contribution is 2.30. The monoisotopic (exact) mass is 533 g/mol. The van der Waals surface area contributed by atoms with Crippen LogP contribution in [0.3, 0.4) is 0 Å². The number of ether oxygens (including phenoxy) is 1. The van der Waals surface area contributed by atoms with Crippen molar-refractivity contribution in [1.29, 1.82) is 0 Å². The van der Waals surface area contributed by atoms with E-state index in [1.807, 2.05) is 19.1 Å².